The van der Waals surface area contributed by atoms with E-state index >= 15 is 0 Å². The molecule has 5 heteroatoms. The van der Waals surface area contributed by atoms with Crippen LogP contribution in [-0.4, -0.2) is 28.5 Å². The van der Waals surface area contributed by atoms with Crippen molar-refractivity contribution in [3.8, 4) is 5.75 Å². The fourth-order valence-corrected chi connectivity index (χ4v) is 3.15. The summed E-state index contributed by atoms with van der Waals surface area (Å²) < 4.78 is 5.79. The monoisotopic (exact) mass is 396 g/mol. The lowest BCUT2D eigenvalue weighted by Crippen LogP contribution is -2.56. The van der Waals surface area contributed by atoms with Crippen molar-refractivity contribution in [2.75, 3.05) is 0 Å². The number of ether oxygens (including phenoxy) is 1. The van der Waals surface area contributed by atoms with Crippen molar-refractivity contribution < 1.29 is 14.3 Å². The molecule has 0 atom stereocenters. The van der Waals surface area contributed by atoms with Crippen LogP contribution in [0.15, 0.2) is 36.4 Å². The zero-order valence-electron chi connectivity index (χ0n) is 18.7. The van der Waals surface area contributed by atoms with Gasteiger partial charge < -0.3 is 4.74 Å². The molecule has 0 aliphatic heterocycles. The van der Waals surface area contributed by atoms with Crippen LogP contribution in [-0.2, 0) is 0 Å². The van der Waals surface area contributed by atoms with E-state index in [4.69, 9.17) is 4.74 Å². The second-order valence-electron chi connectivity index (χ2n) is 8.72. The molecule has 2 rings (SSSR count). The SMILES string of the molecule is Cc1cc(C)cc(C(=O)N(NC(=O)c2cccc(OC(C)C)c2C)C(C)(C)C)c1. The normalized spacial score (nSPS) is 11.3. The summed E-state index contributed by atoms with van der Waals surface area (Å²) in [5, 5.41) is 1.40. The smallest absolute Gasteiger partial charge is 0.272 e. The van der Waals surface area contributed by atoms with Gasteiger partial charge in [-0.3, -0.25) is 15.0 Å². The van der Waals surface area contributed by atoms with Crippen LogP contribution >= 0.6 is 0 Å². The van der Waals surface area contributed by atoms with Crippen LogP contribution in [0.3, 0.4) is 0 Å². The first kappa shape index (κ1) is 22.5. The highest BCUT2D eigenvalue weighted by atomic mass is 16.5. The molecule has 156 valence electrons. The summed E-state index contributed by atoms with van der Waals surface area (Å²) in [6.45, 7) is 15.3. The van der Waals surface area contributed by atoms with Gasteiger partial charge in [-0.2, -0.15) is 0 Å². The maximum absolute atomic E-state index is 13.2. The number of carbonyl (C=O) groups excluding carboxylic acids is 2. The van der Waals surface area contributed by atoms with Crippen LogP contribution in [0, 0.1) is 20.8 Å². The maximum Gasteiger partial charge on any atom is 0.272 e. The Hall–Kier alpha value is -2.82. The van der Waals surface area contributed by atoms with Gasteiger partial charge in [-0.25, -0.2) is 5.01 Å². The number of rotatable bonds is 4. The maximum atomic E-state index is 13.2. The van der Waals surface area contributed by atoms with E-state index in [2.05, 4.69) is 5.43 Å². The second-order valence-corrected chi connectivity index (χ2v) is 8.72. The fourth-order valence-electron chi connectivity index (χ4n) is 3.15. The van der Waals surface area contributed by atoms with Crippen LogP contribution in [0.4, 0.5) is 0 Å². The molecule has 0 saturated heterocycles. The molecule has 0 unspecified atom stereocenters. The molecule has 0 aliphatic rings. The predicted octanol–water partition coefficient (Wildman–Crippen LogP) is 4.98. The van der Waals surface area contributed by atoms with Gasteiger partial charge in [0.1, 0.15) is 5.75 Å². The minimum atomic E-state index is -0.607. The molecular weight excluding hydrogens is 364 g/mol. The first-order valence-corrected chi connectivity index (χ1v) is 9.90. The molecule has 0 fully saturated rings. The number of hydrogen-bond acceptors (Lipinski definition) is 3. The molecule has 29 heavy (non-hydrogen) atoms. The Morgan fingerprint density at radius 1 is 1.00 bits per heavy atom. The standard InChI is InChI=1S/C24H32N2O3/c1-15(2)29-21-11-9-10-20(18(21)5)22(27)25-26(24(6,7)8)23(28)19-13-16(3)12-17(4)14-19/h9-15H,1-8H3,(H,25,27). The summed E-state index contributed by atoms with van der Waals surface area (Å²) in [5.74, 6) is 0.0739. The van der Waals surface area contributed by atoms with E-state index in [1.807, 2.05) is 79.7 Å². The minimum Gasteiger partial charge on any atom is -0.491 e. The summed E-state index contributed by atoms with van der Waals surface area (Å²) in [7, 11) is 0. The van der Waals surface area contributed by atoms with Crippen molar-refractivity contribution in [3.63, 3.8) is 0 Å². The van der Waals surface area contributed by atoms with Gasteiger partial charge in [0.2, 0.25) is 0 Å². The highest BCUT2D eigenvalue weighted by Crippen LogP contribution is 2.24. The van der Waals surface area contributed by atoms with Crippen LogP contribution < -0.4 is 10.2 Å². The molecule has 0 spiro atoms. The van der Waals surface area contributed by atoms with Gasteiger partial charge in [-0.05, 0) is 79.7 Å². The third kappa shape index (κ3) is 5.59. The van der Waals surface area contributed by atoms with Crippen LogP contribution in [0.1, 0.15) is 72.0 Å². The molecule has 0 aromatic heterocycles. The van der Waals surface area contributed by atoms with E-state index in [1.165, 1.54) is 5.01 Å². The molecule has 0 heterocycles. The van der Waals surface area contributed by atoms with Crippen molar-refractivity contribution in [1.82, 2.24) is 10.4 Å². The van der Waals surface area contributed by atoms with Crippen molar-refractivity contribution in [1.29, 1.82) is 0 Å². The van der Waals surface area contributed by atoms with E-state index in [1.54, 1.807) is 12.1 Å². The molecule has 2 amide bonds. The van der Waals surface area contributed by atoms with E-state index in [0.717, 1.165) is 16.7 Å². The largest absolute Gasteiger partial charge is 0.491 e. The van der Waals surface area contributed by atoms with Crippen LogP contribution in [0.2, 0.25) is 0 Å². The number of benzene rings is 2. The number of hydrogen-bond donors (Lipinski definition) is 1. The molecule has 1 N–H and O–H groups in total. The van der Waals surface area contributed by atoms with Crippen molar-refractivity contribution in [2.24, 2.45) is 0 Å². The molecule has 2 aromatic carbocycles. The Bertz CT molecular complexity index is 891. The first-order valence-electron chi connectivity index (χ1n) is 9.90. The van der Waals surface area contributed by atoms with Gasteiger partial charge in [0.05, 0.1) is 11.6 Å². The highest BCUT2D eigenvalue weighted by Gasteiger charge is 2.30. The van der Waals surface area contributed by atoms with Gasteiger partial charge in [-0.1, -0.05) is 23.3 Å². The van der Waals surface area contributed by atoms with Crippen molar-refractivity contribution in [3.05, 3.63) is 64.2 Å². The lowest BCUT2D eigenvalue weighted by Gasteiger charge is -2.35. The average molecular weight is 397 g/mol. The summed E-state index contributed by atoms with van der Waals surface area (Å²) in [4.78, 5) is 26.3. The third-order valence-corrected chi connectivity index (χ3v) is 4.45. The topological polar surface area (TPSA) is 58.6 Å². The average Bonchev–Trinajstić information content (AvgIpc) is 2.58. The molecule has 0 saturated carbocycles. The van der Waals surface area contributed by atoms with Gasteiger partial charge in [0.25, 0.3) is 11.8 Å². The molecule has 0 radical (unpaired) electrons. The highest BCUT2D eigenvalue weighted by molar-refractivity contribution is 6.00. The molecule has 0 bridgehead atoms. The predicted molar refractivity (Wildman–Crippen MR) is 116 cm³/mol. The molecule has 5 nitrogen and oxygen atoms in total. The van der Waals surface area contributed by atoms with Gasteiger partial charge in [0, 0.05) is 16.7 Å². The summed E-state index contributed by atoms with van der Waals surface area (Å²) >= 11 is 0. The Labute approximate surface area is 174 Å². The fraction of sp³-hybridized carbons (Fsp3) is 0.417. The number of amides is 2. The third-order valence-electron chi connectivity index (χ3n) is 4.45. The zero-order chi connectivity index (χ0) is 21.9. The van der Waals surface area contributed by atoms with Gasteiger partial charge in [-0.15, -0.1) is 0 Å². The number of hydrazine groups is 1. The summed E-state index contributed by atoms with van der Waals surface area (Å²) in [6, 6.07) is 11.0. The zero-order valence-corrected chi connectivity index (χ0v) is 18.7. The number of aryl methyl sites for hydroxylation is 2. The quantitative estimate of drug-likeness (QED) is 0.741. The first-order chi connectivity index (χ1) is 13.4. The van der Waals surface area contributed by atoms with E-state index in [0.29, 0.717) is 16.9 Å². The second kappa shape index (κ2) is 8.68. The number of nitrogens with zero attached hydrogens (tertiary/aromatic N) is 1. The lowest BCUT2D eigenvalue weighted by atomic mass is 10.0. The number of nitrogens with one attached hydrogen (secondary N) is 1. The number of carbonyl (C=O) groups is 2. The lowest BCUT2D eigenvalue weighted by molar-refractivity contribution is 0.0358. The van der Waals surface area contributed by atoms with Gasteiger partial charge in [0.15, 0.2) is 0 Å². The van der Waals surface area contributed by atoms with Crippen molar-refractivity contribution in [2.45, 2.75) is 67.0 Å². The van der Waals surface area contributed by atoms with Crippen molar-refractivity contribution >= 4 is 11.8 Å². The Morgan fingerprint density at radius 3 is 2.10 bits per heavy atom. The van der Waals surface area contributed by atoms with Crippen LogP contribution in [0.5, 0.6) is 5.75 Å². The molecule has 2 aromatic rings. The van der Waals surface area contributed by atoms with Gasteiger partial charge >= 0.3 is 0 Å². The Kier molecular flexibility index (Phi) is 6.73. The molecular formula is C24H32N2O3. The Balaban J connectivity index is 2.36. The van der Waals surface area contributed by atoms with E-state index < -0.39 is 5.54 Å². The van der Waals surface area contributed by atoms with E-state index in [9.17, 15) is 9.59 Å². The van der Waals surface area contributed by atoms with E-state index in [-0.39, 0.29) is 17.9 Å². The summed E-state index contributed by atoms with van der Waals surface area (Å²) in [6.07, 6.45) is 0.00391. The Morgan fingerprint density at radius 2 is 1.59 bits per heavy atom. The summed E-state index contributed by atoms with van der Waals surface area (Å²) in [5.41, 5.74) is 5.99. The molecule has 0 aliphatic carbocycles. The minimum absolute atomic E-state index is 0.00391. The van der Waals surface area contributed by atoms with Crippen LogP contribution in [0.25, 0.3) is 0 Å².